The first-order valence-corrected chi connectivity index (χ1v) is 18.4. The number of rotatable bonds is 9. The molecule has 0 amide bonds. The number of anilines is 4. The molecule has 7 aromatic carbocycles. The molecule has 10 rings (SSSR count). The molecule has 0 spiro atoms. The number of benzene rings is 7. The van der Waals surface area contributed by atoms with Crippen molar-refractivity contribution < 1.29 is 42.3 Å². The Hall–Kier alpha value is -6.42. The van der Waals surface area contributed by atoms with E-state index in [-0.39, 0.29) is 54.9 Å². The third-order valence-corrected chi connectivity index (χ3v) is 9.67. The molecule has 0 fully saturated rings. The van der Waals surface area contributed by atoms with Crippen LogP contribution in [0.1, 0.15) is 35.9 Å². The molecule has 0 unspecified atom stereocenters. The summed E-state index contributed by atoms with van der Waals surface area (Å²) in [5.41, 5.74) is 4.02. The summed E-state index contributed by atoms with van der Waals surface area (Å²) in [6.45, 7) is 5.41. The van der Waals surface area contributed by atoms with E-state index < -0.39 is 66.8 Å². The molecule has 0 saturated heterocycles. The van der Waals surface area contributed by atoms with E-state index in [0.29, 0.717) is 45.5 Å². The molecule has 58 heavy (non-hydrogen) atoms. The molecule has 0 atom stereocenters. The Morgan fingerprint density at radius 2 is 1.34 bits per heavy atom. The van der Waals surface area contributed by atoms with Gasteiger partial charge in [-0.2, -0.15) is 12.1 Å². The summed E-state index contributed by atoms with van der Waals surface area (Å²) in [7, 11) is 0. The van der Waals surface area contributed by atoms with Crippen molar-refractivity contribution in [1.29, 1.82) is 0 Å². The van der Waals surface area contributed by atoms with Gasteiger partial charge in [0.15, 0.2) is 0 Å². The smallest absolute Gasteiger partial charge is 0.135 e. The van der Waals surface area contributed by atoms with Crippen LogP contribution in [0.15, 0.2) is 176 Å². The number of ether oxygens (including phenoxy) is 1. The van der Waals surface area contributed by atoms with Gasteiger partial charge in [0.25, 0.3) is 0 Å². The number of hydrogen-bond donors (Lipinski definition) is 0. The van der Waals surface area contributed by atoms with Crippen molar-refractivity contribution in [2.75, 3.05) is 9.80 Å². The standard InChI is InChI=1S/C52H39N4O.Pt/c1-36(2)31-37-29-30-53-51(32-37)56-47-24-10-9-21-45(47)46-28-27-42(34-50(46)56)57-41-20-13-19-40(33-41)54-35-55(49-26-12-11-25-48(49)54)52-43(38-15-5-3-6-16-38)22-14-23-44(52)39-17-7-4-8-18-39;/h3-30,32,35-36H,31H2,1-2H3;/q-3;/i3D,4D,5D,6D,7D,8D,15D,16D,17D,18D,31D2;. The minimum absolute atomic E-state index is 0. The monoisotopic (exact) mass is 942 g/mol. The van der Waals surface area contributed by atoms with Crippen molar-refractivity contribution in [2.24, 2.45) is 5.92 Å². The number of pyridine rings is 1. The molecule has 1 aliphatic heterocycles. The molecule has 6 heteroatoms. The number of nitrogens with zero attached hydrogens (tertiary/aromatic N) is 4. The van der Waals surface area contributed by atoms with Crippen molar-refractivity contribution in [3.05, 3.63) is 200 Å². The predicted octanol–water partition coefficient (Wildman–Crippen LogP) is 13.5. The Kier molecular flexibility index (Phi) is 7.04. The average Bonchev–Trinajstić information content (AvgIpc) is 3.90. The van der Waals surface area contributed by atoms with Crippen LogP contribution in [-0.2, 0) is 27.4 Å². The zero-order chi connectivity index (χ0) is 48.8. The second kappa shape index (κ2) is 15.8. The number of aromatic nitrogens is 2. The first-order chi connectivity index (χ1) is 33.0. The van der Waals surface area contributed by atoms with E-state index >= 15 is 0 Å². The van der Waals surface area contributed by atoms with Crippen molar-refractivity contribution >= 4 is 44.6 Å². The molecule has 2 aromatic heterocycles. The van der Waals surface area contributed by atoms with Crippen molar-refractivity contribution in [2.45, 2.75) is 20.2 Å². The summed E-state index contributed by atoms with van der Waals surface area (Å²) >= 11 is 0. The Morgan fingerprint density at radius 3 is 2.07 bits per heavy atom. The maximum absolute atomic E-state index is 8.99. The molecule has 1 aliphatic rings. The fourth-order valence-corrected chi connectivity index (χ4v) is 7.35. The molecule has 0 saturated carbocycles. The molecule has 0 N–H and O–H groups in total. The van der Waals surface area contributed by atoms with E-state index in [1.807, 2.05) is 84.0 Å². The molecule has 0 bridgehead atoms. The fourth-order valence-electron chi connectivity index (χ4n) is 7.35. The van der Waals surface area contributed by atoms with Gasteiger partial charge in [0, 0.05) is 75.2 Å². The molecule has 0 radical (unpaired) electrons. The first kappa shape index (κ1) is 25.8. The largest absolute Gasteiger partial charge is 0.509 e. The zero-order valence-corrected chi connectivity index (χ0v) is 33.4. The van der Waals surface area contributed by atoms with Gasteiger partial charge in [0.2, 0.25) is 0 Å². The van der Waals surface area contributed by atoms with Crippen molar-refractivity contribution in [1.82, 2.24) is 9.55 Å². The van der Waals surface area contributed by atoms with E-state index in [9.17, 15) is 0 Å². The maximum Gasteiger partial charge on any atom is 0.135 e. The molecular weight excluding hydrogens is 892 g/mol. The summed E-state index contributed by atoms with van der Waals surface area (Å²) in [6, 6.07) is 34.1. The van der Waals surface area contributed by atoms with Gasteiger partial charge in [-0.3, -0.25) is 0 Å². The summed E-state index contributed by atoms with van der Waals surface area (Å²) in [5.74, 6) is 0.957. The van der Waals surface area contributed by atoms with Gasteiger partial charge in [0.1, 0.15) is 5.82 Å². The Morgan fingerprint density at radius 1 is 0.690 bits per heavy atom. The molecule has 0 aliphatic carbocycles. The van der Waals surface area contributed by atoms with Crippen LogP contribution in [0.4, 0.5) is 22.7 Å². The quantitative estimate of drug-likeness (QED) is 0.135. The number of hydrogen-bond acceptors (Lipinski definition) is 4. The molecule has 5 nitrogen and oxygen atoms in total. The molecule has 286 valence electrons. The van der Waals surface area contributed by atoms with Gasteiger partial charge >= 0.3 is 0 Å². The minimum atomic E-state index is -1.60. The Balaban J connectivity index is 0.00000608. The second-order valence-electron chi connectivity index (χ2n) is 13.7. The average molecular weight is 943 g/mol. The van der Waals surface area contributed by atoms with Gasteiger partial charge < -0.3 is 19.1 Å². The summed E-state index contributed by atoms with van der Waals surface area (Å²) < 4.78 is 113. The van der Waals surface area contributed by atoms with Gasteiger partial charge in [-0.05, 0) is 64.7 Å². The normalized spacial score (nSPS) is 15.4. The second-order valence-corrected chi connectivity index (χ2v) is 13.7. The van der Waals surface area contributed by atoms with Crippen LogP contribution in [0.25, 0.3) is 49.9 Å². The first-order valence-electron chi connectivity index (χ1n) is 24.4. The summed E-state index contributed by atoms with van der Waals surface area (Å²) in [5, 5.41) is 1.85. The van der Waals surface area contributed by atoms with E-state index in [1.165, 1.54) is 0 Å². The van der Waals surface area contributed by atoms with E-state index in [4.69, 9.17) is 21.2 Å². The van der Waals surface area contributed by atoms with Gasteiger partial charge in [-0.15, -0.1) is 48.1 Å². The van der Waals surface area contributed by atoms with Gasteiger partial charge in [0.05, 0.1) is 13.7 Å². The Labute approximate surface area is 370 Å². The van der Waals surface area contributed by atoms with Crippen LogP contribution in [-0.4, -0.2) is 9.55 Å². The third kappa shape index (κ3) is 6.86. The van der Waals surface area contributed by atoms with Crippen molar-refractivity contribution in [3.8, 4) is 39.6 Å². The van der Waals surface area contributed by atoms with Crippen LogP contribution in [0.5, 0.6) is 11.5 Å². The third-order valence-electron chi connectivity index (χ3n) is 9.67. The fraction of sp³-hybridized carbons (Fsp3) is 0.0769. The molecular formula is C52H39N4OPt-3. The topological polar surface area (TPSA) is 33.5 Å². The van der Waals surface area contributed by atoms with Crippen LogP contribution >= 0.6 is 0 Å². The molecule has 9 aromatic rings. The zero-order valence-electron chi connectivity index (χ0n) is 43.1. The van der Waals surface area contributed by atoms with Gasteiger partial charge in [-0.1, -0.05) is 128 Å². The van der Waals surface area contributed by atoms with E-state index in [2.05, 4.69) is 17.1 Å². The van der Waals surface area contributed by atoms with E-state index in [0.717, 1.165) is 16.3 Å². The predicted molar refractivity (Wildman–Crippen MR) is 234 cm³/mol. The summed E-state index contributed by atoms with van der Waals surface area (Å²) in [6.07, 6.45) is 0.0196. The van der Waals surface area contributed by atoms with Crippen LogP contribution < -0.4 is 14.5 Å². The SMILES string of the molecule is [2H]c1c([2H])c([2H])c(-c2cccc(-c3c([2H])c([2H])c([2H])c([2H])c3[2H])c2N2[CH-]N(c3[c-]c(Oc4[c-]c5c(cc4)c4ccccc4n5-c4cc(C([2H])([2H])C(C)C)ccn4)ccc3)c3ccccc32)c([2H])c1[2H].[Pt]. The molecule has 3 heterocycles. The van der Waals surface area contributed by atoms with Gasteiger partial charge in [-0.25, -0.2) is 4.98 Å². The summed E-state index contributed by atoms with van der Waals surface area (Å²) in [4.78, 5) is 8.23. The maximum atomic E-state index is 8.99. The van der Waals surface area contributed by atoms with Crippen LogP contribution in [0, 0.1) is 24.7 Å². The number of para-hydroxylation sites is 4. The number of fused-ring (bicyclic) bond motifs is 4. The minimum Gasteiger partial charge on any atom is -0.509 e. The van der Waals surface area contributed by atoms with Crippen LogP contribution in [0.3, 0.4) is 0 Å². The van der Waals surface area contributed by atoms with Crippen molar-refractivity contribution in [3.63, 3.8) is 0 Å². The van der Waals surface area contributed by atoms with Crippen LogP contribution in [0.2, 0.25) is 0 Å². The van der Waals surface area contributed by atoms with E-state index in [1.54, 1.807) is 66.3 Å². The Bertz CT molecular complexity index is 3440.